The van der Waals surface area contributed by atoms with Crippen molar-refractivity contribution in [2.45, 2.75) is 13.1 Å². The number of nitrogens with zero attached hydrogens (tertiary/aromatic N) is 2. The van der Waals surface area contributed by atoms with Gasteiger partial charge in [0.1, 0.15) is 5.82 Å². The Hall–Kier alpha value is -4.93. The SMILES string of the molecule is N#Cc1cc(F)cc(-c2cc(C(=O)NCc3ccc(C(=O)O)cc3)c3c(ccn3Cc3cccc(Cl)c3)c2)c1. The lowest BCUT2D eigenvalue weighted by Gasteiger charge is -2.14. The average Bonchev–Trinajstić information content (AvgIpc) is 3.33. The maximum atomic E-state index is 14.3. The summed E-state index contributed by atoms with van der Waals surface area (Å²) in [6, 6.07) is 25.2. The highest BCUT2D eigenvalue weighted by Gasteiger charge is 2.17. The minimum atomic E-state index is -1.03. The number of hydrogen-bond acceptors (Lipinski definition) is 3. The van der Waals surface area contributed by atoms with Crippen LogP contribution in [0.1, 0.15) is 37.4 Å². The zero-order chi connectivity index (χ0) is 27.5. The molecule has 2 N–H and O–H groups in total. The van der Waals surface area contributed by atoms with E-state index in [2.05, 4.69) is 5.32 Å². The van der Waals surface area contributed by atoms with E-state index >= 15 is 0 Å². The maximum absolute atomic E-state index is 14.3. The molecule has 39 heavy (non-hydrogen) atoms. The molecule has 5 aromatic rings. The molecule has 5 rings (SSSR count). The summed E-state index contributed by atoms with van der Waals surface area (Å²) in [5.41, 5.74) is 4.17. The fourth-order valence-corrected chi connectivity index (χ4v) is 4.73. The number of carboxylic acids is 1. The van der Waals surface area contributed by atoms with E-state index in [1.165, 1.54) is 18.2 Å². The number of carboxylic acid groups (broad SMARTS) is 1. The Morgan fingerprint density at radius 3 is 2.44 bits per heavy atom. The minimum Gasteiger partial charge on any atom is -0.478 e. The summed E-state index contributed by atoms with van der Waals surface area (Å²) in [5, 5.41) is 22.7. The largest absolute Gasteiger partial charge is 0.478 e. The number of halogens is 2. The number of nitriles is 1. The second kappa shape index (κ2) is 10.8. The molecule has 1 heterocycles. The smallest absolute Gasteiger partial charge is 0.335 e. The van der Waals surface area contributed by atoms with Gasteiger partial charge < -0.3 is 15.0 Å². The van der Waals surface area contributed by atoms with Crippen LogP contribution in [0, 0.1) is 17.1 Å². The lowest BCUT2D eigenvalue weighted by molar-refractivity contribution is 0.0696. The molecule has 0 aliphatic heterocycles. The Kier molecular flexibility index (Phi) is 7.13. The van der Waals surface area contributed by atoms with Crippen LogP contribution in [0.3, 0.4) is 0 Å². The first-order valence-electron chi connectivity index (χ1n) is 12.0. The highest BCUT2D eigenvalue weighted by Crippen LogP contribution is 2.31. The van der Waals surface area contributed by atoms with Crippen LogP contribution in [0.2, 0.25) is 5.02 Å². The second-order valence-electron chi connectivity index (χ2n) is 9.06. The third kappa shape index (κ3) is 5.66. The van der Waals surface area contributed by atoms with Crippen molar-refractivity contribution in [1.29, 1.82) is 5.26 Å². The van der Waals surface area contributed by atoms with Gasteiger partial charge in [0.15, 0.2) is 0 Å². The molecule has 0 aliphatic carbocycles. The molecule has 4 aromatic carbocycles. The van der Waals surface area contributed by atoms with Crippen LogP contribution in [0.5, 0.6) is 0 Å². The lowest BCUT2D eigenvalue weighted by Crippen LogP contribution is -2.23. The molecule has 1 aromatic heterocycles. The summed E-state index contributed by atoms with van der Waals surface area (Å²) in [6.07, 6.45) is 1.88. The molecule has 8 heteroatoms. The van der Waals surface area contributed by atoms with Crippen molar-refractivity contribution in [3.05, 3.63) is 130 Å². The Bertz CT molecular complexity index is 1770. The first-order chi connectivity index (χ1) is 18.8. The predicted molar refractivity (Wildman–Crippen MR) is 147 cm³/mol. The standard InChI is InChI=1S/C31H21ClFN3O3/c32-26-3-1-2-20(11-26)18-36-9-8-23-13-25(24-10-21(16-34)12-27(33)14-24)15-28(29(23)36)30(37)35-17-19-4-6-22(7-5-19)31(38)39/h1-15H,17-18H2,(H,35,37)(H,38,39). The number of aromatic carboxylic acids is 1. The van der Waals surface area contributed by atoms with Crippen molar-refractivity contribution in [2.75, 3.05) is 0 Å². The van der Waals surface area contributed by atoms with E-state index in [0.29, 0.717) is 33.8 Å². The number of carbonyl (C=O) groups is 2. The van der Waals surface area contributed by atoms with Gasteiger partial charge >= 0.3 is 5.97 Å². The molecule has 0 unspecified atom stereocenters. The Morgan fingerprint density at radius 1 is 0.949 bits per heavy atom. The molecule has 0 radical (unpaired) electrons. The van der Waals surface area contributed by atoms with Crippen molar-refractivity contribution in [3.63, 3.8) is 0 Å². The maximum Gasteiger partial charge on any atom is 0.335 e. The van der Waals surface area contributed by atoms with E-state index < -0.39 is 11.8 Å². The number of amides is 1. The van der Waals surface area contributed by atoms with E-state index in [1.807, 2.05) is 47.2 Å². The van der Waals surface area contributed by atoms with Gasteiger partial charge in [-0.25, -0.2) is 9.18 Å². The van der Waals surface area contributed by atoms with Gasteiger partial charge in [0.25, 0.3) is 5.91 Å². The summed E-state index contributed by atoms with van der Waals surface area (Å²) in [7, 11) is 0. The lowest BCUT2D eigenvalue weighted by atomic mass is 9.98. The molecular weight excluding hydrogens is 517 g/mol. The van der Waals surface area contributed by atoms with Crippen LogP contribution >= 0.6 is 11.6 Å². The van der Waals surface area contributed by atoms with Gasteiger partial charge in [-0.1, -0.05) is 35.9 Å². The molecule has 6 nitrogen and oxygen atoms in total. The minimum absolute atomic E-state index is 0.158. The molecular formula is C31H21ClFN3O3. The van der Waals surface area contributed by atoms with Gasteiger partial charge in [-0.15, -0.1) is 0 Å². The molecule has 0 atom stereocenters. The fourth-order valence-electron chi connectivity index (χ4n) is 4.52. The summed E-state index contributed by atoms with van der Waals surface area (Å²) < 4.78 is 16.2. The summed E-state index contributed by atoms with van der Waals surface area (Å²) in [6.45, 7) is 0.650. The molecule has 0 saturated carbocycles. The second-order valence-corrected chi connectivity index (χ2v) is 9.50. The summed E-state index contributed by atoms with van der Waals surface area (Å²) >= 11 is 6.18. The fraction of sp³-hybridized carbons (Fsp3) is 0.0645. The molecule has 0 aliphatic rings. The van der Waals surface area contributed by atoms with E-state index in [4.69, 9.17) is 16.7 Å². The highest BCUT2D eigenvalue weighted by atomic mass is 35.5. The van der Waals surface area contributed by atoms with E-state index in [1.54, 1.807) is 30.3 Å². The zero-order valence-corrected chi connectivity index (χ0v) is 21.2. The topological polar surface area (TPSA) is 95.1 Å². The van der Waals surface area contributed by atoms with Crippen LogP contribution < -0.4 is 5.32 Å². The van der Waals surface area contributed by atoms with Gasteiger partial charge in [-0.2, -0.15) is 5.26 Å². The Balaban J connectivity index is 1.55. The summed E-state index contributed by atoms with van der Waals surface area (Å²) in [5.74, 6) is -1.92. The number of fused-ring (bicyclic) bond motifs is 1. The quantitative estimate of drug-likeness (QED) is 0.243. The monoisotopic (exact) mass is 537 g/mol. The summed E-state index contributed by atoms with van der Waals surface area (Å²) in [4.78, 5) is 24.7. The van der Waals surface area contributed by atoms with E-state index in [9.17, 15) is 19.2 Å². The number of hydrogen-bond donors (Lipinski definition) is 2. The molecule has 0 saturated heterocycles. The molecule has 0 bridgehead atoms. The number of rotatable bonds is 7. The van der Waals surface area contributed by atoms with Gasteiger partial charge in [0.2, 0.25) is 0 Å². The van der Waals surface area contributed by atoms with E-state index in [-0.39, 0.29) is 23.6 Å². The normalized spacial score (nSPS) is 10.8. The van der Waals surface area contributed by atoms with E-state index in [0.717, 1.165) is 22.6 Å². The number of nitrogens with one attached hydrogen (secondary N) is 1. The van der Waals surface area contributed by atoms with Gasteiger partial charge in [-0.3, -0.25) is 4.79 Å². The number of carbonyl (C=O) groups excluding carboxylic acids is 1. The Labute approximate surface area is 228 Å². The van der Waals surface area contributed by atoms with Crippen LogP contribution in [0.15, 0.2) is 91.1 Å². The van der Waals surface area contributed by atoms with Crippen LogP contribution in [0.25, 0.3) is 22.0 Å². The first-order valence-corrected chi connectivity index (χ1v) is 12.4. The van der Waals surface area contributed by atoms with Crippen LogP contribution in [0.4, 0.5) is 4.39 Å². The predicted octanol–water partition coefficient (Wildman–Crippen LogP) is 6.65. The zero-order valence-electron chi connectivity index (χ0n) is 20.5. The van der Waals surface area contributed by atoms with Crippen molar-refractivity contribution in [3.8, 4) is 17.2 Å². The average molecular weight is 538 g/mol. The van der Waals surface area contributed by atoms with Crippen molar-refractivity contribution in [2.24, 2.45) is 0 Å². The first kappa shape index (κ1) is 25.7. The molecule has 1 amide bonds. The van der Waals surface area contributed by atoms with Crippen molar-refractivity contribution >= 4 is 34.4 Å². The third-order valence-corrected chi connectivity index (χ3v) is 6.60. The number of aromatic nitrogens is 1. The number of benzene rings is 4. The van der Waals surface area contributed by atoms with Gasteiger partial charge in [0, 0.05) is 29.7 Å². The van der Waals surface area contributed by atoms with Crippen LogP contribution in [-0.2, 0) is 13.1 Å². The molecule has 0 fully saturated rings. The third-order valence-electron chi connectivity index (χ3n) is 6.36. The van der Waals surface area contributed by atoms with Crippen molar-refractivity contribution < 1.29 is 19.1 Å². The van der Waals surface area contributed by atoms with Crippen LogP contribution in [-0.4, -0.2) is 21.6 Å². The molecule has 0 spiro atoms. The van der Waals surface area contributed by atoms with Crippen molar-refractivity contribution in [1.82, 2.24) is 9.88 Å². The highest BCUT2D eigenvalue weighted by molar-refractivity contribution is 6.30. The van der Waals surface area contributed by atoms with Gasteiger partial charge in [-0.05, 0) is 82.9 Å². The Morgan fingerprint density at radius 2 is 1.72 bits per heavy atom. The van der Waals surface area contributed by atoms with Gasteiger partial charge in [0.05, 0.1) is 28.3 Å². The molecule has 192 valence electrons.